The van der Waals surface area contributed by atoms with Crippen molar-refractivity contribution in [3.8, 4) is 10.6 Å². The van der Waals surface area contributed by atoms with E-state index in [1.54, 1.807) is 36.0 Å². The number of hydrogen-bond acceptors (Lipinski definition) is 6. The Kier molecular flexibility index (Phi) is 6.55. The first-order chi connectivity index (χ1) is 15.5. The minimum absolute atomic E-state index is 0.109. The number of rotatable bonds is 8. The number of nitrogens with zero attached hydrogens (tertiary/aromatic N) is 4. The standard InChI is InChI=1S/C23H24N6O2S/c1-15(2)29-22-18(14-27-29)17(11-19(28-22)20-6-4-10-32-20)23(31)25-9-7-21(30)26-13-16-5-3-8-24-12-16/h3-6,8,10-12,14-15H,7,9,13H2,1-2H3,(H,25,31)(H,26,30). The molecule has 0 spiro atoms. The number of fused-ring (bicyclic) bond motifs is 1. The van der Waals surface area contributed by atoms with Gasteiger partial charge in [-0.15, -0.1) is 11.3 Å². The minimum Gasteiger partial charge on any atom is -0.352 e. The lowest BCUT2D eigenvalue weighted by atomic mass is 10.1. The minimum atomic E-state index is -0.251. The Hall–Kier alpha value is -3.59. The van der Waals surface area contributed by atoms with Crippen molar-refractivity contribution >= 4 is 34.2 Å². The third-order valence-electron chi connectivity index (χ3n) is 4.92. The van der Waals surface area contributed by atoms with E-state index in [9.17, 15) is 9.59 Å². The van der Waals surface area contributed by atoms with Gasteiger partial charge in [0.25, 0.3) is 5.91 Å². The van der Waals surface area contributed by atoms with E-state index in [2.05, 4.69) is 20.7 Å². The Balaban J connectivity index is 1.46. The summed E-state index contributed by atoms with van der Waals surface area (Å²) in [5.74, 6) is -0.389. The van der Waals surface area contributed by atoms with Crippen LogP contribution in [0.1, 0.15) is 42.2 Å². The van der Waals surface area contributed by atoms with Gasteiger partial charge in [0.05, 0.1) is 27.7 Å². The highest BCUT2D eigenvalue weighted by molar-refractivity contribution is 7.13. The molecule has 0 radical (unpaired) electrons. The molecule has 0 saturated carbocycles. The molecule has 4 heterocycles. The number of carbonyl (C=O) groups excluding carboxylic acids is 2. The first-order valence-electron chi connectivity index (χ1n) is 10.4. The topological polar surface area (TPSA) is 102 Å². The van der Waals surface area contributed by atoms with Crippen molar-refractivity contribution < 1.29 is 9.59 Å². The van der Waals surface area contributed by atoms with Crippen LogP contribution < -0.4 is 10.6 Å². The molecule has 4 aromatic heterocycles. The van der Waals surface area contributed by atoms with Gasteiger partial charge in [0.1, 0.15) is 0 Å². The highest BCUT2D eigenvalue weighted by atomic mass is 32.1. The molecule has 0 atom stereocenters. The van der Waals surface area contributed by atoms with Crippen molar-refractivity contribution in [3.63, 3.8) is 0 Å². The van der Waals surface area contributed by atoms with Crippen LogP contribution in [0.4, 0.5) is 0 Å². The Bertz CT molecular complexity index is 1220. The fourth-order valence-electron chi connectivity index (χ4n) is 3.31. The molecule has 0 unspecified atom stereocenters. The second kappa shape index (κ2) is 9.69. The summed E-state index contributed by atoms with van der Waals surface area (Å²) >= 11 is 1.57. The number of pyridine rings is 2. The van der Waals surface area contributed by atoms with Crippen LogP contribution in [-0.2, 0) is 11.3 Å². The molecule has 9 heteroatoms. The first kappa shape index (κ1) is 21.6. The van der Waals surface area contributed by atoms with Crippen LogP contribution in [-0.4, -0.2) is 38.1 Å². The summed E-state index contributed by atoms with van der Waals surface area (Å²) in [6.45, 7) is 4.68. The number of amides is 2. The monoisotopic (exact) mass is 448 g/mol. The fourth-order valence-corrected chi connectivity index (χ4v) is 4.00. The second-order valence-electron chi connectivity index (χ2n) is 7.60. The molecule has 0 aliphatic rings. The molecule has 2 N–H and O–H groups in total. The fraction of sp³-hybridized carbons (Fsp3) is 0.261. The summed E-state index contributed by atoms with van der Waals surface area (Å²) in [5, 5.41) is 12.8. The molecule has 4 rings (SSSR count). The predicted octanol–water partition coefficient (Wildman–Crippen LogP) is 3.57. The van der Waals surface area contributed by atoms with E-state index >= 15 is 0 Å². The Labute approximate surface area is 189 Å². The van der Waals surface area contributed by atoms with E-state index in [1.807, 2.05) is 48.2 Å². The van der Waals surface area contributed by atoms with Gasteiger partial charge >= 0.3 is 0 Å². The maximum Gasteiger partial charge on any atom is 0.252 e. The summed E-state index contributed by atoms with van der Waals surface area (Å²) in [6.07, 6.45) is 5.25. The molecule has 0 aromatic carbocycles. The van der Waals surface area contributed by atoms with Crippen molar-refractivity contribution in [2.24, 2.45) is 0 Å². The van der Waals surface area contributed by atoms with Crippen LogP contribution in [0.25, 0.3) is 21.6 Å². The molecule has 0 bridgehead atoms. The number of hydrogen-bond donors (Lipinski definition) is 2. The van der Waals surface area contributed by atoms with E-state index in [4.69, 9.17) is 4.98 Å². The molecule has 0 saturated heterocycles. The van der Waals surface area contributed by atoms with Gasteiger partial charge in [0.2, 0.25) is 5.91 Å². The van der Waals surface area contributed by atoms with Crippen LogP contribution in [0.2, 0.25) is 0 Å². The van der Waals surface area contributed by atoms with Gasteiger partial charge < -0.3 is 10.6 Å². The van der Waals surface area contributed by atoms with Gasteiger partial charge in [0, 0.05) is 37.9 Å². The molecule has 8 nitrogen and oxygen atoms in total. The second-order valence-corrected chi connectivity index (χ2v) is 8.54. The smallest absolute Gasteiger partial charge is 0.252 e. The molecule has 4 aromatic rings. The van der Waals surface area contributed by atoms with E-state index in [1.165, 1.54) is 0 Å². The van der Waals surface area contributed by atoms with Crippen molar-refractivity contribution in [1.82, 2.24) is 30.4 Å². The molecular formula is C23H24N6O2S. The predicted molar refractivity (Wildman–Crippen MR) is 124 cm³/mol. The van der Waals surface area contributed by atoms with E-state index in [0.29, 0.717) is 23.1 Å². The van der Waals surface area contributed by atoms with Crippen LogP contribution in [0.3, 0.4) is 0 Å². The highest BCUT2D eigenvalue weighted by Crippen LogP contribution is 2.28. The van der Waals surface area contributed by atoms with Crippen molar-refractivity contribution in [2.45, 2.75) is 32.9 Å². The summed E-state index contributed by atoms with van der Waals surface area (Å²) in [5.41, 5.74) is 2.83. The normalized spacial score (nSPS) is 11.1. The molecule has 164 valence electrons. The van der Waals surface area contributed by atoms with E-state index in [0.717, 1.165) is 16.1 Å². The van der Waals surface area contributed by atoms with E-state index in [-0.39, 0.29) is 30.8 Å². The summed E-state index contributed by atoms with van der Waals surface area (Å²) in [4.78, 5) is 34.9. The molecule has 2 amide bonds. The number of nitrogens with one attached hydrogen (secondary N) is 2. The van der Waals surface area contributed by atoms with Crippen molar-refractivity contribution in [1.29, 1.82) is 0 Å². The molecule has 0 fully saturated rings. The summed E-state index contributed by atoms with van der Waals surface area (Å²) in [6, 6.07) is 9.55. The molecule has 0 aliphatic carbocycles. The molecule has 32 heavy (non-hydrogen) atoms. The maximum atomic E-state index is 13.0. The van der Waals surface area contributed by atoms with Gasteiger partial charge in [-0.1, -0.05) is 12.1 Å². The molecule has 0 aliphatic heterocycles. The lowest BCUT2D eigenvalue weighted by molar-refractivity contribution is -0.121. The zero-order chi connectivity index (χ0) is 22.5. The van der Waals surface area contributed by atoms with Gasteiger partial charge in [-0.3, -0.25) is 14.6 Å². The Morgan fingerprint density at radius 3 is 2.75 bits per heavy atom. The zero-order valence-corrected chi connectivity index (χ0v) is 18.7. The van der Waals surface area contributed by atoms with Gasteiger partial charge in [-0.2, -0.15) is 5.10 Å². The highest BCUT2D eigenvalue weighted by Gasteiger charge is 2.19. The third-order valence-corrected chi connectivity index (χ3v) is 5.82. The van der Waals surface area contributed by atoms with Crippen molar-refractivity contribution in [3.05, 3.63) is 65.4 Å². The SMILES string of the molecule is CC(C)n1ncc2c(C(=O)NCCC(=O)NCc3cccnc3)cc(-c3cccs3)nc21. The van der Waals surface area contributed by atoms with Crippen LogP contribution in [0.15, 0.2) is 54.3 Å². The average Bonchev–Trinajstić information content (AvgIpc) is 3.47. The van der Waals surface area contributed by atoms with Crippen molar-refractivity contribution in [2.75, 3.05) is 6.54 Å². The quantitative estimate of drug-likeness (QED) is 0.429. The number of aromatic nitrogens is 4. The van der Waals surface area contributed by atoms with E-state index < -0.39 is 0 Å². The third kappa shape index (κ3) is 4.83. The lowest BCUT2D eigenvalue weighted by Gasteiger charge is -2.10. The van der Waals surface area contributed by atoms with Gasteiger partial charge in [0.15, 0.2) is 5.65 Å². The van der Waals surface area contributed by atoms with Crippen LogP contribution >= 0.6 is 11.3 Å². The lowest BCUT2D eigenvalue weighted by Crippen LogP contribution is -2.30. The Morgan fingerprint density at radius 1 is 1.16 bits per heavy atom. The largest absolute Gasteiger partial charge is 0.352 e. The Morgan fingerprint density at radius 2 is 2.03 bits per heavy atom. The van der Waals surface area contributed by atoms with Gasteiger partial charge in [-0.25, -0.2) is 9.67 Å². The zero-order valence-electron chi connectivity index (χ0n) is 17.9. The maximum absolute atomic E-state index is 13.0. The van der Waals surface area contributed by atoms with Crippen LogP contribution in [0, 0.1) is 0 Å². The number of thiophene rings is 1. The summed E-state index contributed by atoms with van der Waals surface area (Å²) in [7, 11) is 0. The van der Waals surface area contributed by atoms with Crippen LogP contribution in [0.5, 0.6) is 0 Å². The average molecular weight is 449 g/mol. The first-order valence-corrected chi connectivity index (χ1v) is 11.3. The van der Waals surface area contributed by atoms with Gasteiger partial charge in [-0.05, 0) is 43.0 Å². The number of carbonyl (C=O) groups is 2. The summed E-state index contributed by atoms with van der Waals surface area (Å²) < 4.78 is 1.81. The molecular weight excluding hydrogens is 424 g/mol.